The van der Waals surface area contributed by atoms with Crippen molar-refractivity contribution in [2.75, 3.05) is 6.61 Å². The monoisotopic (exact) mass is 156 g/mol. The molecule has 0 bridgehead atoms. The van der Waals surface area contributed by atoms with E-state index in [0.717, 1.165) is 32.0 Å². The molecule has 0 fully saturated rings. The molecule has 2 nitrogen and oxygen atoms in total. The molecule has 0 aliphatic rings. The lowest BCUT2D eigenvalue weighted by atomic mass is 10.2. The Morgan fingerprint density at radius 2 is 1.64 bits per heavy atom. The summed E-state index contributed by atoms with van der Waals surface area (Å²) in [5.74, 6) is 0. The Morgan fingerprint density at radius 1 is 1.00 bits per heavy atom. The summed E-state index contributed by atoms with van der Waals surface area (Å²) in [6.07, 6.45) is 9.47. The van der Waals surface area contributed by atoms with Gasteiger partial charge in [0, 0.05) is 13.0 Å². The van der Waals surface area contributed by atoms with Crippen LogP contribution in [0.1, 0.15) is 32.1 Å². The minimum absolute atomic E-state index is 0.227. The van der Waals surface area contributed by atoms with E-state index in [1.165, 1.54) is 0 Å². The second-order valence-corrected chi connectivity index (χ2v) is 2.43. The molecule has 0 saturated carbocycles. The summed E-state index contributed by atoms with van der Waals surface area (Å²) in [5.41, 5.74) is 0. The highest BCUT2D eigenvalue weighted by atomic mass is 16.2. The molecule has 0 heterocycles. The van der Waals surface area contributed by atoms with Gasteiger partial charge in [-0.25, -0.2) is 0 Å². The van der Waals surface area contributed by atoms with Gasteiger partial charge in [0.05, 0.1) is 0 Å². The van der Waals surface area contributed by atoms with E-state index in [1.807, 2.05) is 6.08 Å². The van der Waals surface area contributed by atoms with Gasteiger partial charge in [0.15, 0.2) is 0 Å². The topological polar surface area (TPSA) is 37.3 Å². The van der Waals surface area contributed by atoms with Crippen molar-refractivity contribution in [3.05, 3.63) is 12.2 Å². The third-order valence-electron chi connectivity index (χ3n) is 1.41. The summed E-state index contributed by atoms with van der Waals surface area (Å²) in [5, 5.41) is 8.41. The molecular formula is C9H16O2. The molecule has 0 rings (SSSR count). The first-order chi connectivity index (χ1) is 5.41. The Balaban J connectivity index is 2.94. The minimum atomic E-state index is 0.227. The molecule has 0 amide bonds. The Kier molecular flexibility index (Phi) is 8.83. The molecule has 0 radical (unpaired) electrons. The van der Waals surface area contributed by atoms with Crippen LogP contribution in [0.2, 0.25) is 0 Å². The molecule has 0 aromatic rings. The summed E-state index contributed by atoms with van der Waals surface area (Å²) in [4.78, 5) is 9.89. The minimum Gasteiger partial charge on any atom is -0.396 e. The standard InChI is InChI=1S/C9H16O2/c10-8-6-4-2-1-3-5-7-9-11/h2,4,9-10H,1,3,5-8H2/b4-2+. The van der Waals surface area contributed by atoms with Gasteiger partial charge in [0.25, 0.3) is 0 Å². The van der Waals surface area contributed by atoms with Gasteiger partial charge >= 0.3 is 0 Å². The molecule has 11 heavy (non-hydrogen) atoms. The number of hydrogen-bond donors (Lipinski definition) is 1. The fourth-order valence-electron chi connectivity index (χ4n) is 0.800. The van der Waals surface area contributed by atoms with Gasteiger partial charge in [0.2, 0.25) is 0 Å². The lowest BCUT2D eigenvalue weighted by Crippen LogP contribution is -1.78. The van der Waals surface area contributed by atoms with Gasteiger partial charge in [-0.1, -0.05) is 12.2 Å². The largest absolute Gasteiger partial charge is 0.396 e. The van der Waals surface area contributed by atoms with Crippen LogP contribution in [0.15, 0.2) is 12.2 Å². The number of allylic oxidation sites excluding steroid dienone is 1. The fourth-order valence-corrected chi connectivity index (χ4v) is 0.800. The molecular weight excluding hydrogens is 140 g/mol. The van der Waals surface area contributed by atoms with Crippen LogP contribution in [0.25, 0.3) is 0 Å². The van der Waals surface area contributed by atoms with Crippen molar-refractivity contribution in [2.24, 2.45) is 0 Å². The predicted molar refractivity (Wildman–Crippen MR) is 45.4 cm³/mol. The first-order valence-electron chi connectivity index (χ1n) is 4.11. The van der Waals surface area contributed by atoms with Crippen molar-refractivity contribution in [1.82, 2.24) is 0 Å². The molecule has 2 heteroatoms. The zero-order chi connectivity index (χ0) is 8.36. The van der Waals surface area contributed by atoms with Gasteiger partial charge in [-0.15, -0.1) is 0 Å². The Hall–Kier alpha value is -0.630. The SMILES string of the molecule is O=CCCCC/C=C/CCO. The molecule has 0 aliphatic carbocycles. The maximum Gasteiger partial charge on any atom is 0.119 e. The molecule has 0 aromatic heterocycles. The van der Waals surface area contributed by atoms with E-state index in [9.17, 15) is 4.79 Å². The van der Waals surface area contributed by atoms with Crippen LogP contribution in [0.4, 0.5) is 0 Å². The summed E-state index contributed by atoms with van der Waals surface area (Å²) >= 11 is 0. The quantitative estimate of drug-likeness (QED) is 0.346. The number of carbonyl (C=O) groups excluding carboxylic acids is 1. The van der Waals surface area contributed by atoms with E-state index in [0.29, 0.717) is 6.42 Å². The number of aliphatic hydroxyl groups is 1. The molecule has 0 saturated heterocycles. The van der Waals surface area contributed by atoms with E-state index in [2.05, 4.69) is 6.08 Å². The first kappa shape index (κ1) is 10.4. The predicted octanol–water partition coefficient (Wildman–Crippen LogP) is 1.68. The van der Waals surface area contributed by atoms with Crippen LogP contribution < -0.4 is 0 Å². The molecule has 0 unspecified atom stereocenters. The van der Waals surface area contributed by atoms with Crippen molar-refractivity contribution in [3.8, 4) is 0 Å². The summed E-state index contributed by atoms with van der Waals surface area (Å²) in [6, 6.07) is 0. The van der Waals surface area contributed by atoms with E-state index < -0.39 is 0 Å². The zero-order valence-electron chi connectivity index (χ0n) is 6.83. The Labute approximate surface area is 67.9 Å². The Bertz CT molecular complexity index is 108. The van der Waals surface area contributed by atoms with Crippen molar-refractivity contribution in [2.45, 2.75) is 32.1 Å². The number of hydrogen-bond acceptors (Lipinski definition) is 2. The summed E-state index contributed by atoms with van der Waals surface area (Å²) in [6.45, 7) is 0.227. The lowest BCUT2D eigenvalue weighted by Gasteiger charge is -1.90. The molecule has 0 spiro atoms. The highest BCUT2D eigenvalue weighted by Gasteiger charge is 1.83. The van der Waals surface area contributed by atoms with Gasteiger partial charge in [-0.2, -0.15) is 0 Å². The Morgan fingerprint density at radius 3 is 2.27 bits per heavy atom. The van der Waals surface area contributed by atoms with Crippen molar-refractivity contribution < 1.29 is 9.90 Å². The molecule has 0 aliphatic heterocycles. The maximum atomic E-state index is 9.89. The van der Waals surface area contributed by atoms with E-state index >= 15 is 0 Å². The van der Waals surface area contributed by atoms with Crippen molar-refractivity contribution >= 4 is 6.29 Å². The van der Waals surface area contributed by atoms with Crippen LogP contribution in [-0.2, 0) is 4.79 Å². The highest BCUT2D eigenvalue weighted by molar-refractivity contribution is 5.48. The number of aliphatic hydroxyl groups excluding tert-OH is 1. The number of carbonyl (C=O) groups is 1. The van der Waals surface area contributed by atoms with E-state index in [1.54, 1.807) is 0 Å². The van der Waals surface area contributed by atoms with Crippen molar-refractivity contribution in [3.63, 3.8) is 0 Å². The van der Waals surface area contributed by atoms with Gasteiger partial charge < -0.3 is 9.90 Å². The first-order valence-corrected chi connectivity index (χ1v) is 4.11. The van der Waals surface area contributed by atoms with E-state index in [4.69, 9.17) is 5.11 Å². The number of rotatable bonds is 7. The average Bonchev–Trinajstić information content (AvgIpc) is 2.03. The number of aldehydes is 1. The van der Waals surface area contributed by atoms with Gasteiger partial charge in [0.1, 0.15) is 6.29 Å². The number of unbranched alkanes of at least 4 members (excludes halogenated alkanes) is 3. The highest BCUT2D eigenvalue weighted by Crippen LogP contribution is 1.98. The average molecular weight is 156 g/mol. The third-order valence-corrected chi connectivity index (χ3v) is 1.41. The molecule has 64 valence electrons. The molecule has 0 atom stereocenters. The lowest BCUT2D eigenvalue weighted by molar-refractivity contribution is -0.107. The van der Waals surface area contributed by atoms with Crippen molar-refractivity contribution in [1.29, 1.82) is 0 Å². The smallest absolute Gasteiger partial charge is 0.119 e. The van der Waals surface area contributed by atoms with Crippen LogP contribution in [0.3, 0.4) is 0 Å². The molecule has 1 N–H and O–H groups in total. The zero-order valence-corrected chi connectivity index (χ0v) is 6.83. The summed E-state index contributed by atoms with van der Waals surface area (Å²) in [7, 11) is 0. The van der Waals surface area contributed by atoms with Crippen LogP contribution >= 0.6 is 0 Å². The third kappa shape index (κ3) is 9.37. The second-order valence-electron chi connectivity index (χ2n) is 2.43. The normalized spacial score (nSPS) is 10.6. The van der Waals surface area contributed by atoms with Crippen LogP contribution in [0, 0.1) is 0 Å². The van der Waals surface area contributed by atoms with Gasteiger partial charge in [-0.3, -0.25) is 0 Å². The van der Waals surface area contributed by atoms with Crippen LogP contribution in [-0.4, -0.2) is 18.0 Å². The molecule has 0 aromatic carbocycles. The fraction of sp³-hybridized carbons (Fsp3) is 0.667. The summed E-state index contributed by atoms with van der Waals surface area (Å²) < 4.78 is 0. The van der Waals surface area contributed by atoms with Crippen LogP contribution in [0.5, 0.6) is 0 Å². The van der Waals surface area contributed by atoms with E-state index in [-0.39, 0.29) is 6.61 Å². The maximum absolute atomic E-state index is 9.89. The second kappa shape index (κ2) is 9.37. The van der Waals surface area contributed by atoms with Gasteiger partial charge in [-0.05, 0) is 25.7 Å².